The second-order valence-electron chi connectivity index (χ2n) is 7.58. The van der Waals surface area contributed by atoms with Crippen molar-refractivity contribution >= 4 is 23.9 Å². The third kappa shape index (κ3) is 8.74. The SMILES string of the molecule is O=C(C=Cc1ccccc1)NC(CCC(=O)OCc1ccccc1)C(=O)OCc1ccccc1. The predicted octanol–water partition coefficient (Wildman–Crippen LogP) is 4.45. The Labute approximate surface area is 199 Å². The van der Waals surface area contributed by atoms with Gasteiger partial charge in [-0.1, -0.05) is 91.0 Å². The van der Waals surface area contributed by atoms with E-state index in [-0.39, 0.29) is 26.1 Å². The molecule has 6 heteroatoms. The zero-order valence-electron chi connectivity index (χ0n) is 18.8. The van der Waals surface area contributed by atoms with Gasteiger partial charge in [0.1, 0.15) is 19.3 Å². The standard InChI is InChI=1S/C28H27NO5/c30-26(18-16-22-10-4-1-5-11-22)29-25(28(32)34-21-24-14-8-3-9-15-24)17-19-27(31)33-20-23-12-6-2-7-13-23/h1-16,18,25H,17,19-21H2,(H,29,30). The van der Waals surface area contributed by atoms with Crippen LogP contribution in [0.5, 0.6) is 0 Å². The molecule has 34 heavy (non-hydrogen) atoms. The molecule has 0 aliphatic rings. The van der Waals surface area contributed by atoms with Gasteiger partial charge in [-0.25, -0.2) is 4.79 Å². The molecule has 0 aromatic heterocycles. The Morgan fingerprint density at radius 3 is 1.85 bits per heavy atom. The summed E-state index contributed by atoms with van der Waals surface area (Å²) in [5.41, 5.74) is 2.55. The average molecular weight is 458 g/mol. The number of benzene rings is 3. The van der Waals surface area contributed by atoms with E-state index in [0.717, 1.165) is 16.7 Å². The summed E-state index contributed by atoms with van der Waals surface area (Å²) in [6.45, 7) is 0.222. The molecule has 0 fully saturated rings. The van der Waals surface area contributed by atoms with Crippen molar-refractivity contribution in [3.8, 4) is 0 Å². The second-order valence-corrected chi connectivity index (χ2v) is 7.58. The van der Waals surface area contributed by atoms with Gasteiger partial charge in [-0.05, 0) is 29.2 Å². The quantitative estimate of drug-likeness (QED) is 0.340. The number of ether oxygens (including phenoxy) is 2. The number of carbonyl (C=O) groups excluding carboxylic acids is 3. The number of hydrogen-bond acceptors (Lipinski definition) is 5. The van der Waals surface area contributed by atoms with Gasteiger partial charge in [-0.2, -0.15) is 0 Å². The summed E-state index contributed by atoms with van der Waals surface area (Å²) in [6.07, 6.45) is 3.02. The van der Waals surface area contributed by atoms with Gasteiger partial charge in [-0.15, -0.1) is 0 Å². The minimum Gasteiger partial charge on any atom is -0.461 e. The van der Waals surface area contributed by atoms with Crippen molar-refractivity contribution in [2.24, 2.45) is 0 Å². The van der Waals surface area contributed by atoms with E-state index in [1.807, 2.05) is 91.0 Å². The summed E-state index contributed by atoms with van der Waals surface area (Å²) in [5.74, 6) is -1.52. The molecule has 1 atom stereocenters. The highest BCUT2D eigenvalue weighted by atomic mass is 16.5. The molecule has 0 aliphatic heterocycles. The van der Waals surface area contributed by atoms with Crippen molar-refractivity contribution in [1.29, 1.82) is 0 Å². The van der Waals surface area contributed by atoms with Crippen LogP contribution in [-0.4, -0.2) is 23.9 Å². The van der Waals surface area contributed by atoms with Crippen LogP contribution in [0.4, 0.5) is 0 Å². The Morgan fingerprint density at radius 2 is 1.26 bits per heavy atom. The maximum Gasteiger partial charge on any atom is 0.328 e. The highest BCUT2D eigenvalue weighted by Gasteiger charge is 2.23. The molecule has 3 aromatic rings. The fourth-order valence-corrected chi connectivity index (χ4v) is 3.11. The number of nitrogens with one attached hydrogen (secondary N) is 1. The minimum absolute atomic E-state index is 0.0411. The molecule has 3 aromatic carbocycles. The molecular formula is C28H27NO5. The third-order valence-corrected chi connectivity index (χ3v) is 4.93. The van der Waals surface area contributed by atoms with Gasteiger partial charge in [0.25, 0.3) is 0 Å². The van der Waals surface area contributed by atoms with E-state index in [2.05, 4.69) is 5.32 Å². The first-order valence-corrected chi connectivity index (χ1v) is 11.0. The van der Waals surface area contributed by atoms with Crippen molar-refractivity contribution in [2.45, 2.75) is 32.1 Å². The summed E-state index contributed by atoms with van der Waals surface area (Å²) >= 11 is 0. The molecule has 0 radical (unpaired) electrons. The van der Waals surface area contributed by atoms with Gasteiger partial charge in [0.05, 0.1) is 0 Å². The largest absolute Gasteiger partial charge is 0.461 e. The molecule has 1 N–H and O–H groups in total. The van der Waals surface area contributed by atoms with Crippen molar-refractivity contribution in [3.63, 3.8) is 0 Å². The number of hydrogen-bond donors (Lipinski definition) is 1. The molecule has 6 nitrogen and oxygen atoms in total. The van der Waals surface area contributed by atoms with Crippen molar-refractivity contribution in [3.05, 3.63) is 114 Å². The molecule has 0 saturated heterocycles. The second kappa shape index (κ2) is 13.4. The Hall–Kier alpha value is -4.19. The van der Waals surface area contributed by atoms with Crippen molar-refractivity contribution in [2.75, 3.05) is 0 Å². The predicted molar refractivity (Wildman–Crippen MR) is 129 cm³/mol. The summed E-state index contributed by atoms with van der Waals surface area (Å²) in [7, 11) is 0. The van der Waals surface area contributed by atoms with Crippen LogP contribution in [0.2, 0.25) is 0 Å². The molecule has 1 unspecified atom stereocenters. The molecular weight excluding hydrogens is 430 g/mol. The van der Waals surface area contributed by atoms with Crippen LogP contribution in [0.3, 0.4) is 0 Å². The van der Waals surface area contributed by atoms with E-state index in [1.54, 1.807) is 6.08 Å². The Morgan fingerprint density at radius 1 is 0.735 bits per heavy atom. The van der Waals surface area contributed by atoms with Crippen LogP contribution in [0, 0.1) is 0 Å². The Bertz CT molecular complexity index is 1080. The number of amides is 1. The topological polar surface area (TPSA) is 81.7 Å². The molecule has 1 amide bonds. The van der Waals surface area contributed by atoms with Crippen LogP contribution in [0.15, 0.2) is 97.1 Å². The monoisotopic (exact) mass is 457 g/mol. The van der Waals surface area contributed by atoms with Gasteiger partial charge >= 0.3 is 11.9 Å². The van der Waals surface area contributed by atoms with Crippen LogP contribution in [0.25, 0.3) is 6.08 Å². The molecule has 0 spiro atoms. The number of rotatable bonds is 11. The Kier molecular flexibility index (Phi) is 9.62. The van der Waals surface area contributed by atoms with Crippen LogP contribution in [0.1, 0.15) is 29.5 Å². The van der Waals surface area contributed by atoms with Gasteiger partial charge in [0.2, 0.25) is 5.91 Å². The Balaban J connectivity index is 1.56. The molecule has 174 valence electrons. The lowest BCUT2D eigenvalue weighted by molar-refractivity contribution is -0.150. The molecule has 0 saturated carbocycles. The summed E-state index contributed by atoms with van der Waals surface area (Å²) in [4.78, 5) is 37.4. The first kappa shape index (κ1) is 24.5. The maximum absolute atomic E-state index is 12.7. The van der Waals surface area contributed by atoms with E-state index in [9.17, 15) is 14.4 Å². The van der Waals surface area contributed by atoms with Crippen LogP contribution >= 0.6 is 0 Å². The maximum atomic E-state index is 12.7. The summed E-state index contributed by atoms with van der Waals surface area (Å²) in [5, 5.41) is 2.64. The van der Waals surface area contributed by atoms with E-state index in [0.29, 0.717) is 0 Å². The van der Waals surface area contributed by atoms with E-state index in [4.69, 9.17) is 9.47 Å². The van der Waals surface area contributed by atoms with Crippen molar-refractivity contribution in [1.82, 2.24) is 5.32 Å². The lowest BCUT2D eigenvalue weighted by Gasteiger charge is -2.17. The van der Waals surface area contributed by atoms with E-state index in [1.165, 1.54) is 6.08 Å². The van der Waals surface area contributed by atoms with Crippen molar-refractivity contribution < 1.29 is 23.9 Å². The fourth-order valence-electron chi connectivity index (χ4n) is 3.11. The zero-order chi connectivity index (χ0) is 24.0. The minimum atomic E-state index is -0.985. The highest BCUT2D eigenvalue weighted by Crippen LogP contribution is 2.08. The van der Waals surface area contributed by atoms with Crippen LogP contribution in [-0.2, 0) is 37.1 Å². The highest BCUT2D eigenvalue weighted by molar-refractivity contribution is 5.94. The van der Waals surface area contributed by atoms with Gasteiger partial charge in [0.15, 0.2) is 0 Å². The first-order valence-electron chi connectivity index (χ1n) is 11.0. The third-order valence-electron chi connectivity index (χ3n) is 4.93. The summed E-state index contributed by atoms with van der Waals surface area (Å²) < 4.78 is 10.7. The van der Waals surface area contributed by atoms with Gasteiger partial charge in [-0.3, -0.25) is 9.59 Å². The molecule has 0 aliphatic carbocycles. The normalized spacial score (nSPS) is 11.5. The van der Waals surface area contributed by atoms with Gasteiger partial charge in [0, 0.05) is 12.5 Å². The molecule has 0 bridgehead atoms. The van der Waals surface area contributed by atoms with E-state index < -0.39 is 23.9 Å². The zero-order valence-corrected chi connectivity index (χ0v) is 18.8. The number of esters is 2. The summed E-state index contributed by atoms with van der Waals surface area (Å²) in [6, 6.07) is 26.9. The van der Waals surface area contributed by atoms with Gasteiger partial charge < -0.3 is 14.8 Å². The lowest BCUT2D eigenvalue weighted by atomic mass is 10.1. The molecule has 3 rings (SSSR count). The molecule has 0 heterocycles. The van der Waals surface area contributed by atoms with Crippen LogP contribution < -0.4 is 5.32 Å². The fraction of sp³-hybridized carbons (Fsp3) is 0.179. The number of carbonyl (C=O) groups is 3. The van der Waals surface area contributed by atoms with E-state index >= 15 is 0 Å². The smallest absolute Gasteiger partial charge is 0.328 e. The first-order chi connectivity index (χ1) is 16.6. The average Bonchev–Trinajstić information content (AvgIpc) is 2.89. The lowest BCUT2D eigenvalue weighted by Crippen LogP contribution is -2.41.